The van der Waals surface area contributed by atoms with Crippen molar-refractivity contribution in [2.75, 3.05) is 19.6 Å². The number of nitrogens with zero attached hydrogens (tertiary/aromatic N) is 2. The maximum Gasteiger partial charge on any atom is 0.255 e. The smallest absolute Gasteiger partial charge is 0.255 e. The van der Waals surface area contributed by atoms with E-state index in [-0.39, 0.29) is 23.9 Å². The van der Waals surface area contributed by atoms with Crippen LogP contribution in [0.1, 0.15) is 35.2 Å². The molecule has 3 heterocycles. The molecule has 2 saturated heterocycles. The Labute approximate surface area is 166 Å². The van der Waals surface area contributed by atoms with Crippen LogP contribution in [0.5, 0.6) is 0 Å². The molecule has 4 rings (SSSR count). The first-order chi connectivity index (χ1) is 13.9. The first kappa shape index (κ1) is 19.3. The van der Waals surface area contributed by atoms with E-state index in [1.54, 1.807) is 9.80 Å². The van der Waals surface area contributed by atoms with Gasteiger partial charge in [0.05, 0.1) is 11.0 Å². The van der Waals surface area contributed by atoms with E-state index in [0.717, 1.165) is 18.6 Å². The lowest BCUT2D eigenvalue weighted by Gasteiger charge is -2.39. The van der Waals surface area contributed by atoms with Gasteiger partial charge in [-0.05, 0) is 43.0 Å². The van der Waals surface area contributed by atoms with E-state index in [9.17, 15) is 23.2 Å². The summed E-state index contributed by atoms with van der Waals surface area (Å²) in [6.07, 6.45) is 3.43. The van der Waals surface area contributed by atoms with Gasteiger partial charge in [-0.25, -0.2) is 8.78 Å². The number of carbonyl (C=O) groups excluding carboxylic acids is 2. The molecule has 2 fully saturated rings. The van der Waals surface area contributed by atoms with Gasteiger partial charge in [-0.1, -0.05) is 6.07 Å². The largest absolute Gasteiger partial charge is 0.338 e. The number of benzene rings is 1. The Balaban J connectivity index is 1.48. The lowest BCUT2D eigenvalue weighted by atomic mass is 9.78. The summed E-state index contributed by atoms with van der Waals surface area (Å²) in [6.45, 7) is 1.54. The van der Waals surface area contributed by atoms with Crippen molar-refractivity contribution in [3.63, 3.8) is 0 Å². The van der Waals surface area contributed by atoms with Gasteiger partial charge in [0.15, 0.2) is 11.6 Å². The summed E-state index contributed by atoms with van der Waals surface area (Å²) in [5.74, 6) is -2.11. The van der Waals surface area contributed by atoms with E-state index in [0.29, 0.717) is 43.6 Å². The van der Waals surface area contributed by atoms with Crippen LogP contribution in [-0.4, -0.2) is 46.2 Å². The number of rotatable bonds is 3. The van der Waals surface area contributed by atoms with Crippen molar-refractivity contribution in [3.8, 4) is 0 Å². The highest BCUT2D eigenvalue weighted by Gasteiger charge is 2.49. The highest BCUT2D eigenvalue weighted by molar-refractivity contribution is 5.95. The number of H-pyrrole nitrogens is 1. The van der Waals surface area contributed by atoms with Gasteiger partial charge in [0.25, 0.3) is 5.91 Å². The molecule has 2 aliphatic heterocycles. The first-order valence-corrected chi connectivity index (χ1v) is 9.59. The molecule has 29 heavy (non-hydrogen) atoms. The third-order valence-corrected chi connectivity index (χ3v) is 5.85. The molecule has 0 saturated carbocycles. The molecule has 0 aliphatic carbocycles. The van der Waals surface area contributed by atoms with Crippen molar-refractivity contribution < 1.29 is 18.4 Å². The molecule has 0 bridgehead atoms. The molecule has 152 valence electrons. The van der Waals surface area contributed by atoms with Crippen LogP contribution in [0, 0.1) is 17.0 Å². The lowest BCUT2D eigenvalue weighted by molar-refractivity contribution is -0.146. The van der Waals surface area contributed by atoms with Gasteiger partial charge < -0.3 is 14.8 Å². The maximum atomic E-state index is 13.5. The highest BCUT2D eigenvalue weighted by Crippen LogP contribution is 2.41. The van der Waals surface area contributed by atoms with Crippen molar-refractivity contribution in [2.24, 2.45) is 5.41 Å². The maximum absolute atomic E-state index is 13.5. The monoisotopic (exact) mass is 401 g/mol. The van der Waals surface area contributed by atoms with E-state index in [4.69, 9.17) is 0 Å². The van der Waals surface area contributed by atoms with Crippen LogP contribution < -0.4 is 5.56 Å². The molecular weight excluding hydrogens is 380 g/mol. The van der Waals surface area contributed by atoms with Gasteiger partial charge in [-0.2, -0.15) is 0 Å². The van der Waals surface area contributed by atoms with Crippen molar-refractivity contribution >= 4 is 11.8 Å². The average molecular weight is 401 g/mol. The van der Waals surface area contributed by atoms with Crippen LogP contribution in [0.25, 0.3) is 0 Å². The summed E-state index contributed by atoms with van der Waals surface area (Å²) in [4.78, 5) is 43.0. The number of likely N-dealkylation sites (tertiary alicyclic amines) is 2. The van der Waals surface area contributed by atoms with Crippen molar-refractivity contribution in [1.82, 2.24) is 14.8 Å². The minimum absolute atomic E-state index is 0.0507. The summed E-state index contributed by atoms with van der Waals surface area (Å²) >= 11 is 0. The molecule has 8 heteroatoms. The average Bonchev–Trinajstić information content (AvgIpc) is 3.13. The number of piperidine rings is 1. The number of aromatic nitrogens is 1. The normalized spacial score (nSPS) is 21.8. The number of carbonyl (C=O) groups is 2. The minimum Gasteiger partial charge on any atom is -0.338 e. The molecule has 6 nitrogen and oxygen atoms in total. The number of aromatic amines is 1. The molecule has 1 N–H and O–H groups in total. The quantitative estimate of drug-likeness (QED) is 0.858. The standard InChI is InChI=1S/C21H21F2N3O3/c22-16-4-2-14(10-17(16)23)12-25-8-1-6-21(20(25)29)7-9-26(13-21)19(28)15-3-5-18(27)24-11-15/h2-5,10-11H,1,6-9,12-13H2,(H,24,27)/t21-/m1/s1. The number of amides is 2. The molecule has 2 aromatic rings. The van der Waals surface area contributed by atoms with Gasteiger partial charge in [0.2, 0.25) is 11.5 Å². The molecule has 1 atom stereocenters. The van der Waals surface area contributed by atoms with Crippen LogP contribution in [0.3, 0.4) is 0 Å². The van der Waals surface area contributed by atoms with Crippen LogP contribution in [0.4, 0.5) is 8.78 Å². The first-order valence-electron chi connectivity index (χ1n) is 9.59. The van der Waals surface area contributed by atoms with Gasteiger partial charge in [-0.15, -0.1) is 0 Å². The second-order valence-corrected chi connectivity index (χ2v) is 7.78. The SMILES string of the molecule is O=C(c1ccc(=O)[nH]c1)N1CC[C@]2(CCCN(Cc3ccc(F)c(F)c3)C2=O)C1. The third-order valence-electron chi connectivity index (χ3n) is 5.85. The minimum atomic E-state index is -0.930. The summed E-state index contributed by atoms with van der Waals surface area (Å²) in [7, 11) is 0. The predicted molar refractivity (Wildman–Crippen MR) is 101 cm³/mol. The summed E-state index contributed by atoms with van der Waals surface area (Å²) < 4.78 is 26.7. The predicted octanol–water partition coefficient (Wildman–Crippen LogP) is 2.31. The Morgan fingerprint density at radius 1 is 1.07 bits per heavy atom. The molecular formula is C21H21F2N3O3. The van der Waals surface area contributed by atoms with E-state index < -0.39 is 17.0 Å². The zero-order chi connectivity index (χ0) is 20.6. The lowest BCUT2D eigenvalue weighted by Crippen LogP contribution is -2.50. The van der Waals surface area contributed by atoms with Crippen molar-refractivity contribution in [2.45, 2.75) is 25.8 Å². The second-order valence-electron chi connectivity index (χ2n) is 7.78. The number of hydrogen-bond acceptors (Lipinski definition) is 3. The van der Waals surface area contributed by atoms with Crippen molar-refractivity contribution in [1.29, 1.82) is 0 Å². The summed E-state index contributed by atoms with van der Waals surface area (Å²) in [6, 6.07) is 6.44. The van der Waals surface area contributed by atoms with Crippen LogP contribution in [-0.2, 0) is 11.3 Å². The van der Waals surface area contributed by atoms with Crippen molar-refractivity contribution in [3.05, 3.63) is 69.6 Å². The molecule has 1 spiro atoms. The van der Waals surface area contributed by atoms with Gasteiger partial charge in [-0.3, -0.25) is 14.4 Å². The van der Waals surface area contributed by atoms with Crippen LogP contribution >= 0.6 is 0 Å². The number of nitrogens with one attached hydrogen (secondary N) is 1. The molecule has 1 aromatic heterocycles. The summed E-state index contributed by atoms with van der Waals surface area (Å²) in [5.41, 5.74) is -0.0129. The summed E-state index contributed by atoms with van der Waals surface area (Å²) in [5, 5.41) is 0. The highest BCUT2D eigenvalue weighted by atomic mass is 19.2. The Bertz CT molecular complexity index is 1000. The number of halogens is 2. The van der Waals surface area contributed by atoms with E-state index in [1.165, 1.54) is 24.4 Å². The zero-order valence-electron chi connectivity index (χ0n) is 15.8. The van der Waals surface area contributed by atoms with Gasteiger partial charge in [0.1, 0.15) is 0 Å². The van der Waals surface area contributed by atoms with Crippen LogP contribution in [0.2, 0.25) is 0 Å². The fourth-order valence-corrected chi connectivity index (χ4v) is 4.31. The van der Waals surface area contributed by atoms with Gasteiger partial charge >= 0.3 is 0 Å². The Hall–Kier alpha value is -3.03. The van der Waals surface area contributed by atoms with E-state index in [1.807, 2.05) is 0 Å². The van der Waals surface area contributed by atoms with E-state index in [2.05, 4.69) is 4.98 Å². The van der Waals surface area contributed by atoms with E-state index >= 15 is 0 Å². The molecule has 1 aromatic carbocycles. The Morgan fingerprint density at radius 2 is 1.90 bits per heavy atom. The fraction of sp³-hybridized carbons (Fsp3) is 0.381. The zero-order valence-corrected chi connectivity index (χ0v) is 15.8. The fourth-order valence-electron chi connectivity index (χ4n) is 4.31. The molecule has 0 unspecified atom stereocenters. The molecule has 2 aliphatic rings. The Kier molecular flexibility index (Phi) is 4.94. The second kappa shape index (κ2) is 7.42. The molecule has 0 radical (unpaired) electrons. The van der Waals surface area contributed by atoms with Gasteiger partial charge in [0, 0.05) is 38.4 Å². The third kappa shape index (κ3) is 3.66. The Morgan fingerprint density at radius 3 is 2.62 bits per heavy atom. The molecule has 2 amide bonds. The van der Waals surface area contributed by atoms with Crippen LogP contribution in [0.15, 0.2) is 41.3 Å². The number of pyridine rings is 1. The number of hydrogen-bond donors (Lipinski definition) is 1. The topological polar surface area (TPSA) is 73.5 Å².